The Labute approximate surface area is 229 Å². The summed E-state index contributed by atoms with van der Waals surface area (Å²) in [5, 5.41) is 15.8. The number of rotatable bonds is 9. The van der Waals surface area contributed by atoms with E-state index in [0.717, 1.165) is 38.2 Å². The second-order valence-corrected chi connectivity index (χ2v) is 12.9. The van der Waals surface area contributed by atoms with Crippen LogP contribution in [0, 0.1) is 34.4 Å². The molecule has 0 spiro atoms. The molecule has 0 radical (unpaired) electrons. The summed E-state index contributed by atoms with van der Waals surface area (Å²) in [6.45, 7) is 4.59. The first-order valence-electron chi connectivity index (χ1n) is 14.4. The molecule has 0 aromatic heterocycles. The van der Waals surface area contributed by atoms with Crippen molar-refractivity contribution in [3.8, 4) is 11.5 Å². The van der Waals surface area contributed by atoms with E-state index in [2.05, 4.69) is 17.6 Å². The highest BCUT2D eigenvalue weighted by Gasteiger charge is 2.51. The smallest absolute Gasteiger partial charge is 0.309 e. The fourth-order valence-electron chi connectivity index (χ4n) is 7.19. The Morgan fingerprint density at radius 3 is 2.33 bits per heavy atom. The van der Waals surface area contributed by atoms with E-state index in [4.69, 9.17) is 9.47 Å². The third kappa shape index (κ3) is 5.46. The van der Waals surface area contributed by atoms with Crippen molar-refractivity contribution >= 4 is 17.8 Å². The van der Waals surface area contributed by atoms with Gasteiger partial charge in [0, 0.05) is 18.7 Å². The quantitative estimate of drug-likeness (QED) is 0.415. The summed E-state index contributed by atoms with van der Waals surface area (Å²) in [5.41, 5.74) is -0.472. The standard InChI is InChI=1S/C30H41FN2O6/c1-29(9-4-10-29)16-32-27(35)24-17-5-6-18(13-17)25(24)33-26(34)20-14-23(21(31)15-22(20)38-3)39-19-7-11-30(2,12-8-19)28(36)37/h14-15,17-19,24-25H,4-13,16H2,1-3H3,(H,32,35)(H,33,34)(H,36,37)/t17-,18+,19?,24?,25?,30?/m1/s1. The zero-order chi connectivity index (χ0) is 27.9. The lowest BCUT2D eigenvalue weighted by molar-refractivity contribution is -0.150. The van der Waals surface area contributed by atoms with E-state index < -0.39 is 23.1 Å². The highest BCUT2D eigenvalue weighted by Crippen LogP contribution is 2.49. The SMILES string of the molecule is COc1cc(F)c(OC2CCC(C)(C(=O)O)CC2)cc1C(=O)NC1C(C(=O)NCC2(C)CCC2)[C@@H]2CC[C@H]1C2. The first-order valence-corrected chi connectivity index (χ1v) is 14.4. The molecule has 5 rings (SSSR count). The minimum absolute atomic E-state index is 0.0152. The molecule has 9 heteroatoms. The number of fused-ring (bicyclic) bond motifs is 2. The molecule has 8 nitrogen and oxygen atoms in total. The summed E-state index contributed by atoms with van der Waals surface area (Å²) in [7, 11) is 1.38. The monoisotopic (exact) mass is 544 g/mol. The van der Waals surface area contributed by atoms with E-state index in [1.165, 1.54) is 19.6 Å². The summed E-state index contributed by atoms with van der Waals surface area (Å²) in [6.07, 6.45) is 7.84. The van der Waals surface area contributed by atoms with Crippen LogP contribution in [-0.4, -0.2) is 48.7 Å². The van der Waals surface area contributed by atoms with E-state index in [1.54, 1.807) is 6.92 Å². The largest absolute Gasteiger partial charge is 0.496 e. The minimum atomic E-state index is -0.833. The van der Waals surface area contributed by atoms with Gasteiger partial charge in [-0.25, -0.2) is 4.39 Å². The van der Waals surface area contributed by atoms with Crippen LogP contribution in [0.5, 0.6) is 11.5 Å². The third-order valence-corrected chi connectivity index (χ3v) is 10.1. The number of amides is 2. The molecular weight excluding hydrogens is 503 g/mol. The molecule has 0 saturated heterocycles. The van der Waals surface area contributed by atoms with E-state index in [0.29, 0.717) is 32.2 Å². The van der Waals surface area contributed by atoms with Gasteiger partial charge in [0.25, 0.3) is 5.91 Å². The molecule has 2 amide bonds. The van der Waals surface area contributed by atoms with Gasteiger partial charge < -0.3 is 25.2 Å². The number of carbonyl (C=O) groups is 3. The number of carboxylic acids is 1. The lowest BCUT2D eigenvalue weighted by Crippen LogP contribution is -2.51. The summed E-state index contributed by atoms with van der Waals surface area (Å²) < 4.78 is 26.2. The summed E-state index contributed by atoms with van der Waals surface area (Å²) >= 11 is 0. The van der Waals surface area contributed by atoms with Crippen molar-refractivity contribution in [1.29, 1.82) is 0 Å². The Hall–Kier alpha value is -2.84. The molecular formula is C30H41FN2O6. The van der Waals surface area contributed by atoms with Crippen LogP contribution in [0.25, 0.3) is 0 Å². The Morgan fingerprint density at radius 1 is 1.03 bits per heavy atom. The van der Waals surface area contributed by atoms with Gasteiger partial charge in [-0.2, -0.15) is 0 Å². The van der Waals surface area contributed by atoms with Crippen LogP contribution in [0.15, 0.2) is 12.1 Å². The van der Waals surface area contributed by atoms with Crippen molar-refractivity contribution in [3.05, 3.63) is 23.5 Å². The highest BCUT2D eigenvalue weighted by molar-refractivity contribution is 5.98. The number of hydrogen-bond donors (Lipinski definition) is 3. The molecule has 4 aliphatic rings. The van der Waals surface area contributed by atoms with Crippen LogP contribution in [0.1, 0.15) is 88.4 Å². The molecule has 1 aromatic rings. The van der Waals surface area contributed by atoms with E-state index in [-0.39, 0.29) is 58.3 Å². The molecule has 2 unspecified atom stereocenters. The van der Waals surface area contributed by atoms with Gasteiger partial charge in [-0.15, -0.1) is 0 Å². The maximum Gasteiger partial charge on any atom is 0.309 e. The van der Waals surface area contributed by atoms with Gasteiger partial charge in [0.2, 0.25) is 5.91 Å². The van der Waals surface area contributed by atoms with E-state index >= 15 is 0 Å². The van der Waals surface area contributed by atoms with E-state index in [1.807, 2.05) is 0 Å². The van der Waals surface area contributed by atoms with Crippen LogP contribution < -0.4 is 20.1 Å². The van der Waals surface area contributed by atoms with Gasteiger partial charge in [-0.3, -0.25) is 14.4 Å². The number of carbonyl (C=O) groups excluding carboxylic acids is 2. The van der Waals surface area contributed by atoms with Crippen molar-refractivity contribution in [2.24, 2.45) is 28.6 Å². The Morgan fingerprint density at radius 2 is 1.72 bits per heavy atom. The summed E-state index contributed by atoms with van der Waals surface area (Å²) in [5.74, 6) is -1.61. The average molecular weight is 545 g/mol. The van der Waals surface area contributed by atoms with Gasteiger partial charge in [0.05, 0.1) is 30.1 Å². The molecule has 4 aliphatic carbocycles. The number of methoxy groups -OCH3 is 1. The minimum Gasteiger partial charge on any atom is -0.496 e. The topological polar surface area (TPSA) is 114 Å². The predicted molar refractivity (Wildman–Crippen MR) is 142 cm³/mol. The average Bonchev–Trinajstić information content (AvgIpc) is 3.50. The van der Waals surface area contributed by atoms with Gasteiger partial charge in [0.15, 0.2) is 11.6 Å². The first-order chi connectivity index (χ1) is 18.5. The number of nitrogens with one attached hydrogen (secondary N) is 2. The molecule has 1 aromatic carbocycles. The number of aliphatic carboxylic acids is 1. The normalized spacial score (nSPS) is 32.7. The highest BCUT2D eigenvalue weighted by atomic mass is 19.1. The second-order valence-electron chi connectivity index (χ2n) is 12.9. The molecule has 39 heavy (non-hydrogen) atoms. The van der Waals surface area contributed by atoms with Crippen LogP contribution >= 0.6 is 0 Å². The number of ether oxygens (including phenoxy) is 2. The van der Waals surface area contributed by atoms with E-state index in [9.17, 15) is 23.9 Å². The number of carboxylic acid groups (broad SMARTS) is 1. The van der Waals surface area contributed by atoms with Crippen LogP contribution in [-0.2, 0) is 9.59 Å². The molecule has 214 valence electrons. The molecule has 2 bridgehead atoms. The number of hydrogen-bond acceptors (Lipinski definition) is 5. The third-order valence-electron chi connectivity index (χ3n) is 10.1. The number of halogens is 1. The Kier molecular flexibility index (Phi) is 7.55. The van der Waals surface area contributed by atoms with Crippen molar-refractivity contribution < 1.29 is 33.4 Å². The maximum atomic E-state index is 14.9. The summed E-state index contributed by atoms with van der Waals surface area (Å²) in [4.78, 5) is 38.4. The fourth-order valence-corrected chi connectivity index (χ4v) is 7.19. The van der Waals surface area contributed by atoms with Crippen molar-refractivity contribution in [1.82, 2.24) is 10.6 Å². The van der Waals surface area contributed by atoms with Crippen molar-refractivity contribution in [2.75, 3.05) is 13.7 Å². The predicted octanol–water partition coefficient (Wildman–Crippen LogP) is 4.70. The van der Waals surface area contributed by atoms with Crippen LogP contribution in [0.3, 0.4) is 0 Å². The Balaban J connectivity index is 1.28. The Bertz CT molecular complexity index is 1130. The first kappa shape index (κ1) is 27.7. The second kappa shape index (κ2) is 10.6. The molecule has 4 fully saturated rings. The number of benzene rings is 1. The molecule has 4 atom stereocenters. The maximum absolute atomic E-state index is 14.9. The fraction of sp³-hybridized carbons (Fsp3) is 0.700. The zero-order valence-corrected chi connectivity index (χ0v) is 23.2. The van der Waals surface area contributed by atoms with Gasteiger partial charge in [-0.1, -0.05) is 13.3 Å². The molecule has 0 heterocycles. The molecule has 0 aliphatic heterocycles. The van der Waals surface area contributed by atoms with Gasteiger partial charge >= 0.3 is 5.97 Å². The lowest BCUT2D eigenvalue weighted by atomic mass is 9.70. The zero-order valence-electron chi connectivity index (χ0n) is 23.2. The summed E-state index contributed by atoms with van der Waals surface area (Å²) in [6, 6.07) is 2.24. The lowest BCUT2D eigenvalue weighted by Gasteiger charge is -2.39. The van der Waals surface area contributed by atoms with Crippen LogP contribution in [0.2, 0.25) is 0 Å². The van der Waals surface area contributed by atoms with Crippen LogP contribution in [0.4, 0.5) is 4.39 Å². The van der Waals surface area contributed by atoms with Crippen molar-refractivity contribution in [3.63, 3.8) is 0 Å². The molecule has 4 saturated carbocycles. The molecule has 3 N–H and O–H groups in total. The van der Waals surface area contributed by atoms with Crippen molar-refractivity contribution in [2.45, 2.75) is 90.2 Å². The van der Waals surface area contributed by atoms with Gasteiger partial charge in [-0.05, 0) is 88.0 Å². The van der Waals surface area contributed by atoms with Gasteiger partial charge in [0.1, 0.15) is 5.75 Å².